The standard InChI is InChI=1S/C24H24F6N2O3/c1-15(17-9-18(23(25,26)27)11-19(10-17)24(28,29)30)35-14-31-13-22(12-20(33)32-21(22)34)8-7-16-5-3-2-4-6-16/h2-6,9-11,15,31H,7-8,12-14H2,1H3,(H,32,33,34). The maximum Gasteiger partial charge on any atom is 0.416 e. The van der Waals surface area contributed by atoms with Crippen LogP contribution in [-0.4, -0.2) is 25.1 Å². The van der Waals surface area contributed by atoms with Crippen LogP contribution in [0.1, 0.15) is 48.1 Å². The Morgan fingerprint density at radius 2 is 1.60 bits per heavy atom. The molecule has 5 nitrogen and oxygen atoms in total. The highest BCUT2D eigenvalue weighted by atomic mass is 19.4. The summed E-state index contributed by atoms with van der Waals surface area (Å²) in [5.41, 5.74) is -3.20. The molecule has 2 aromatic carbocycles. The van der Waals surface area contributed by atoms with Crippen molar-refractivity contribution in [2.75, 3.05) is 13.3 Å². The van der Waals surface area contributed by atoms with Gasteiger partial charge in [0.25, 0.3) is 0 Å². The first-order chi connectivity index (χ1) is 16.3. The van der Waals surface area contributed by atoms with Gasteiger partial charge in [-0.2, -0.15) is 26.3 Å². The number of hydrogen-bond acceptors (Lipinski definition) is 4. The normalized spacial score (nSPS) is 19.6. The number of imide groups is 1. The lowest BCUT2D eigenvalue weighted by Gasteiger charge is -2.26. The van der Waals surface area contributed by atoms with Gasteiger partial charge in [-0.15, -0.1) is 0 Å². The van der Waals surface area contributed by atoms with Crippen LogP contribution in [0.5, 0.6) is 0 Å². The van der Waals surface area contributed by atoms with Gasteiger partial charge in [0, 0.05) is 13.0 Å². The predicted molar refractivity (Wildman–Crippen MR) is 114 cm³/mol. The molecule has 0 saturated carbocycles. The summed E-state index contributed by atoms with van der Waals surface area (Å²) in [4.78, 5) is 24.4. The molecule has 190 valence electrons. The molecular formula is C24H24F6N2O3. The van der Waals surface area contributed by atoms with E-state index < -0.39 is 46.8 Å². The van der Waals surface area contributed by atoms with Gasteiger partial charge < -0.3 is 4.74 Å². The van der Waals surface area contributed by atoms with E-state index >= 15 is 0 Å². The zero-order chi connectivity index (χ0) is 25.9. The van der Waals surface area contributed by atoms with Gasteiger partial charge in [0.2, 0.25) is 11.8 Å². The van der Waals surface area contributed by atoms with E-state index in [4.69, 9.17) is 4.74 Å². The molecule has 0 bridgehead atoms. The zero-order valence-corrected chi connectivity index (χ0v) is 18.7. The van der Waals surface area contributed by atoms with Crippen molar-refractivity contribution in [2.24, 2.45) is 5.41 Å². The van der Waals surface area contributed by atoms with E-state index in [0.29, 0.717) is 25.0 Å². The maximum atomic E-state index is 13.1. The molecule has 0 aromatic heterocycles. The summed E-state index contributed by atoms with van der Waals surface area (Å²) >= 11 is 0. The van der Waals surface area contributed by atoms with Gasteiger partial charge in [0.05, 0.1) is 29.4 Å². The second-order valence-electron chi connectivity index (χ2n) is 8.54. The van der Waals surface area contributed by atoms with Crippen molar-refractivity contribution in [1.29, 1.82) is 0 Å². The molecule has 1 aliphatic heterocycles. The Bertz CT molecular complexity index is 1020. The summed E-state index contributed by atoms with van der Waals surface area (Å²) < 4.78 is 84.0. The third kappa shape index (κ3) is 6.82. The van der Waals surface area contributed by atoms with E-state index in [1.165, 1.54) is 6.92 Å². The zero-order valence-electron chi connectivity index (χ0n) is 18.7. The molecule has 1 aliphatic rings. The van der Waals surface area contributed by atoms with Gasteiger partial charge in [-0.1, -0.05) is 30.3 Å². The minimum Gasteiger partial charge on any atom is -0.359 e. The Morgan fingerprint density at radius 1 is 1.00 bits per heavy atom. The van der Waals surface area contributed by atoms with Crippen molar-refractivity contribution in [3.63, 3.8) is 0 Å². The highest BCUT2D eigenvalue weighted by Gasteiger charge is 2.46. The first-order valence-corrected chi connectivity index (χ1v) is 10.8. The first-order valence-electron chi connectivity index (χ1n) is 10.8. The van der Waals surface area contributed by atoms with Gasteiger partial charge in [-0.25, -0.2) is 0 Å². The predicted octanol–water partition coefficient (Wildman–Crippen LogP) is 5.01. The lowest BCUT2D eigenvalue weighted by molar-refractivity contribution is -0.143. The smallest absolute Gasteiger partial charge is 0.359 e. The van der Waals surface area contributed by atoms with Crippen LogP contribution < -0.4 is 10.6 Å². The van der Waals surface area contributed by atoms with Gasteiger partial charge in [0.15, 0.2) is 0 Å². The quantitative estimate of drug-likeness (QED) is 0.219. The van der Waals surface area contributed by atoms with Crippen LogP contribution in [0.25, 0.3) is 0 Å². The van der Waals surface area contributed by atoms with Gasteiger partial charge in [0.1, 0.15) is 0 Å². The summed E-state index contributed by atoms with van der Waals surface area (Å²) in [6.45, 7) is 1.11. The van der Waals surface area contributed by atoms with E-state index in [1.807, 2.05) is 30.3 Å². The number of benzene rings is 2. The van der Waals surface area contributed by atoms with E-state index in [9.17, 15) is 35.9 Å². The van der Waals surface area contributed by atoms with Crippen molar-refractivity contribution >= 4 is 11.8 Å². The highest BCUT2D eigenvalue weighted by molar-refractivity contribution is 6.06. The monoisotopic (exact) mass is 502 g/mol. The number of aryl methyl sites for hydroxylation is 1. The summed E-state index contributed by atoms with van der Waals surface area (Å²) in [7, 11) is 0. The minimum absolute atomic E-state index is 0.0379. The van der Waals surface area contributed by atoms with Gasteiger partial charge >= 0.3 is 12.4 Å². The van der Waals surface area contributed by atoms with Crippen LogP contribution in [0.4, 0.5) is 26.3 Å². The van der Waals surface area contributed by atoms with Gasteiger partial charge in [-0.05, 0) is 49.1 Å². The van der Waals surface area contributed by atoms with E-state index in [-0.39, 0.29) is 31.3 Å². The van der Waals surface area contributed by atoms with E-state index in [0.717, 1.165) is 5.56 Å². The van der Waals surface area contributed by atoms with Crippen LogP contribution in [0.15, 0.2) is 48.5 Å². The fourth-order valence-electron chi connectivity index (χ4n) is 3.94. The minimum atomic E-state index is -4.96. The largest absolute Gasteiger partial charge is 0.416 e. The number of carbonyl (C=O) groups excluding carboxylic acids is 2. The number of ether oxygens (including phenoxy) is 1. The molecule has 0 aliphatic carbocycles. The molecule has 2 N–H and O–H groups in total. The number of rotatable bonds is 9. The number of alkyl halides is 6. The fraction of sp³-hybridized carbons (Fsp3) is 0.417. The molecule has 35 heavy (non-hydrogen) atoms. The SMILES string of the molecule is CC(OCNCC1(CCc2ccccc2)CC(=O)NC1=O)c1cc(C(F)(F)F)cc(C(F)(F)F)c1. The van der Waals surface area contributed by atoms with Crippen molar-refractivity contribution in [3.8, 4) is 0 Å². The van der Waals surface area contributed by atoms with Crippen LogP contribution in [0.3, 0.4) is 0 Å². The molecule has 2 atom stereocenters. The van der Waals surface area contributed by atoms with E-state index in [1.54, 1.807) is 0 Å². The third-order valence-electron chi connectivity index (χ3n) is 5.95. The maximum absolute atomic E-state index is 13.1. The average Bonchev–Trinajstić information content (AvgIpc) is 3.07. The second kappa shape index (κ2) is 10.4. The van der Waals surface area contributed by atoms with Crippen molar-refractivity contribution in [2.45, 2.75) is 44.6 Å². The first kappa shape index (κ1) is 26.7. The van der Waals surface area contributed by atoms with Gasteiger partial charge in [-0.3, -0.25) is 20.2 Å². The van der Waals surface area contributed by atoms with Crippen molar-refractivity contribution in [3.05, 3.63) is 70.8 Å². The highest BCUT2D eigenvalue weighted by Crippen LogP contribution is 2.38. The molecule has 2 unspecified atom stereocenters. The number of carbonyl (C=O) groups is 2. The molecule has 3 rings (SSSR count). The Morgan fingerprint density at radius 3 is 2.11 bits per heavy atom. The molecule has 1 fully saturated rings. The van der Waals surface area contributed by atoms with Crippen LogP contribution in [-0.2, 0) is 33.1 Å². The Labute approximate surface area is 197 Å². The molecule has 0 spiro atoms. The summed E-state index contributed by atoms with van der Waals surface area (Å²) in [6.07, 6.45) is -10.2. The molecule has 2 amide bonds. The van der Waals surface area contributed by atoms with E-state index in [2.05, 4.69) is 10.6 Å². The lowest BCUT2D eigenvalue weighted by atomic mass is 9.80. The summed E-state index contributed by atoms with van der Waals surface area (Å²) in [6, 6.07) is 10.6. The lowest BCUT2D eigenvalue weighted by Crippen LogP contribution is -2.41. The average molecular weight is 502 g/mol. The van der Waals surface area contributed by atoms with Crippen molar-refractivity contribution < 1.29 is 40.7 Å². The topological polar surface area (TPSA) is 67.4 Å². The van der Waals surface area contributed by atoms with Crippen LogP contribution >= 0.6 is 0 Å². The number of hydrogen-bond donors (Lipinski definition) is 2. The number of halogens is 6. The fourth-order valence-corrected chi connectivity index (χ4v) is 3.94. The third-order valence-corrected chi connectivity index (χ3v) is 5.95. The number of amides is 2. The summed E-state index contributed by atoms with van der Waals surface area (Å²) in [5.74, 6) is -0.852. The Hall–Kier alpha value is -2.92. The molecule has 1 heterocycles. The number of nitrogens with one attached hydrogen (secondary N) is 2. The second-order valence-corrected chi connectivity index (χ2v) is 8.54. The molecule has 11 heteroatoms. The molecule has 1 saturated heterocycles. The van der Waals surface area contributed by atoms with Crippen molar-refractivity contribution in [1.82, 2.24) is 10.6 Å². The Kier molecular flexibility index (Phi) is 7.90. The molecule has 2 aromatic rings. The molecular weight excluding hydrogens is 478 g/mol. The Balaban J connectivity index is 1.65. The van der Waals surface area contributed by atoms with Crippen LogP contribution in [0, 0.1) is 5.41 Å². The summed E-state index contributed by atoms with van der Waals surface area (Å²) in [5, 5.41) is 5.15. The van der Waals surface area contributed by atoms with Crippen LogP contribution in [0.2, 0.25) is 0 Å². The molecule has 0 radical (unpaired) electrons.